The second kappa shape index (κ2) is 6.54. The first-order chi connectivity index (χ1) is 8.57. The van der Waals surface area contributed by atoms with E-state index < -0.39 is 5.41 Å². The number of likely N-dealkylation sites (N-methyl/N-ethyl adjacent to an activating group) is 1. The summed E-state index contributed by atoms with van der Waals surface area (Å²) in [7, 11) is 1.75. The van der Waals surface area contributed by atoms with Gasteiger partial charge in [0, 0.05) is 39.8 Å². The fourth-order valence-corrected chi connectivity index (χ4v) is 2.58. The summed E-state index contributed by atoms with van der Waals surface area (Å²) in [4.78, 5) is 25.4. The van der Waals surface area contributed by atoms with Crippen molar-refractivity contribution in [3.05, 3.63) is 0 Å². The second-order valence-corrected chi connectivity index (χ2v) is 5.25. The van der Waals surface area contributed by atoms with Crippen LogP contribution in [0.25, 0.3) is 0 Å². The number of rotatable bonds is 3. The quantitative estimate of drug-likeness (QED) is 0.735. The molecule has 3 N–H and O–H groups in total. The number of likely N-dealkylation sites (tertiary alicyclic amines) is 1. The lowest BCUT2D eigenvalue weighted by Crippen LogP contribution is -2.52. The van der Waals surface area contributed by atoms with E-state index >= 15 is 0 Å². The highest BCUT2D eigenvalue weighted by Gasteiger charge is 2.40. The maximum Gasteiger partial charge on any atom is 0.227 e. The average Bonchev–Trinajstić information content (AvgIpc) is 2.69. The first kappa shape index (κ1) is 16.2. The molecule has 2 rings (SSSR count). The Bertz CT molecular complexity index is 345. The summed E-state index contributed by atoms with van der Waals surface area (Å²) in [6.07, 6.45) is 1.71. The van der Waals surface area contributed by atoms with Crippen LogP contribution in [0.15, 0.2) is 0 Å². The van der Waals surface area contributed by atoms with Gasteiger partial charge in [-0.2, -0.15) is 0 Å². The maximum atomic E-state index is 12.3. The Morgan fingerprint density at radius 3 is 2.63 bits per heavy atom. The minimum Gasteiger partial charge on any atom is -0.381 e. The largest absolute Gasteiger partial charge is 0.381 e. The average molecular weight is 292 g/mol. The van der Waals surface area contributed by atoms with Crippen molar-refractivity contribution in [2.75, 3.05) is 33.4 Å². The minimum absolute atomic E-state index is 0. The summed E-state index contributed by atoms with van der Waals surface area (Å²) < 4.78 is 5.28. The Hall–Kier alpha value is -0.850. The molecule has 0 bridgehead atoms. The van der Waals surface area contributed by atoms with Crippen molar-refractivity contribution in [2.24, 2.45) is 11.1 Å². The van der Waals surface area contributed by atoms with Gasteiger partial charge in [0.25, 0.3) is 0 Å². The second-order valence-electron chi connectivity index (χ2n) is 5.25. The van der Waals surface area contributed by atoms with Crippen LogP contribution >= 0.6 is 12.4 Å². The van der Waals surface area contributed by atoms with Crippen LogP contribution in [0.1, 0.15) is 19.3 Å². The van der Waals surface area contributed by atoms with Crippen molar-refractivity contribution >= 4 is 24.2 Å². The molecule has 2 aliphatic rings. The van der Waals surface area contributed by atoms with Crippen LogP contribution in [0.3, 0.4) is 0 Å². The van der Waals surface area contributed by atoms with E-state index in [1.165, 1.54) is 0 Å². The fraction of sp³-hybridized carbons (Fsp3) is 0.833. The fourth-order valence-electron chi connectivity index (χ4n) is 2.58. The number of ether oxygens (including phenoxy) is 1. The number of carbonyl (C=O) groups is 2. The van der Waals surface area contributed by atoms with Crippen LogP contribution in [-0.2, 0) is 14.3 Å². The summed E-state index contributed by atoms with van der Waals surface area (Å²) >= 11 is 0. The number of hydrogen-bond donors (Lipinski definition) is 2. The normalized spacial score (nSPS) is 25.9. The van der Waals surface area contributed by atoms with Gasteiger partial charge in [0.15, 0.2) is 0 Å². The molecule has 0 spiro atoms. The lowest BCUT2D eigenvalue weighted by molar-refractivity contribution is -0.136. The van der Waals surface area contributed by atoms with E-state index in [0.29, 0.717) is 45.6 Å². The van der Waals surface area contributed by atoms with E-state index in [0.717, 1.165) is 0 Å². The summed E-state index contributed by atoms with van der Waals surface area (Å²) in [6, 6.07) is -0.0822. The van der Waals surface area contributed by atoms with Crippen molar-refractivity contribution in [1.29, 1.82) is 0 Å². The van der Waals surface area contributed by atoms with E-state index in [2.05, 4.69) is 5.32 Å². The van der Waals surface area contributed by atoms with E-state index in [-0.39, 0.29) is 30.3 Å². The third kappa shape index (κ3) is 3.38. The van der Waals surface area contributed by atoms with Gasteiger partial charge in [-0.1, -0.05) is 0 Å². The zero-order chi connectivity index (χ0) is 13.2. The van der Waals surface area contributed by atoms with Gasteiger partial charge in [0.05, 0.1) is 11.5 Å². The van der Waals surface area contributed by atoms with Gasteiger partial charge in [0.2, 0.25) is 11.8 Å². The van der Waals surface area contributed by atoms with Crippen LogP contribution in [-0.4, -0.2) is 56.1 Å². The van der Waals surface area contributed by atoms with Crippen LogP contribution < -0.4 is 11.1 Å². The van der Waals surface area contributed by atoms with Crippen LogP contribution in [0.5, 0.6) is 0 Å². The van der Waals surface area contributed by atoms with Crippen molar-refractivity contribution in [1.82, 2.24) is 10.2 Å². The summed E-state index contributed by atoms with van der Waals surface area (Å²) in [5.41, 5.74) is 5.26. The number of hydrogen-bond acceptors (Lipinski definition) is 4. The first-order valence-corrected chi connectivity index (χ1v) is 6.40. The predicted octanol–water partition coefficient (Wildman–Crippen LogP) is -0.489. The molecular weight excluding hydrogens is 270 g/mol. The molecule has 6 nitrogen and oxygen atoms in total. The Kier molecular flexibility index (Phi) is 5.58. The Balaban J connectivity index is 0.00000180. The highest BCUT2D eigenvalue weighted by molar-refractivity contribution is 5.86. The van der Waals surface area contributed by atoms with Crippen molar-refractivity contribution < 1.29 is 14.3 Å². The van der Waals surface area contributed by atoms with Gasteiger partial charge in [0.1, 0.15) is 0 Å². The van der Waals surface area contributed by atoms with E-state index in [9.17, 15) is 9.59 Å². The molecule has 2 aliphatic heterocycles. The maximum absolute atomic E-state index is 12.3. The lowest BCUT2D eigenvalue weighted by Gasteiger charge is -2.35. The topological polar surface area (TPSA) is 84.7 Å². The molecule has 0 aromatic rings. The number of amides is 2. The van der Waals surface area contributed by atoms with Crippen molar-refractivity contribution in [2.45, 2.75) is 25.3 Å². The number of nitrogens with zero attached hydrogens (tertiary/aromatic N) is 1. The van der Waals surface area contributed by atoms with Crippen LogP contribution in [0, 0.1) is 5.41 Å². The number of carbonyl (C=O) groups excluding carboxylic acids is 2. The standard InChI is InChI=1S/C12H21N3O3.ClH/c1-15-7-9(6-10(15)16)14-11(17)12(8-13)2-4-18-5-3-12;/h9H,2-8,13H2,1H3,(H,14,17);1H. The molecule has 2 amide bonds. The molecule has 0 saturated carbocycles. The molecule has 2 saturated heterocycles. The first-order valence-electron chi connectivity index (χ1n) is 6.40. The van der Waals surface area contributed by atoms with Gasteiger partial charge in [-0.25, -0.2) is 0 Å². The molecule has 0 aromatic heterocycles. The third-order valence-electron chi connectivity index (χ3n) is 4.00. The number of nitrogens with two attached hydrogens (primary N) is 1. The van der Waals surface area contributed by atoms with Gasteiger partial charge in [-0.15, -0.1) is 12.4 Å². The summed E-state index contributed by atoms with van der Waals surface area (Å²) in [6.45, 7) is 2.07. The molecule has 110 valence electrons. The summed E-state index contributed by atoms with van der Waals surface area (Å²) in [5.74, 6) is 0.0514. The molecule has 0 aliphatic carbocycles. The summed E-state index contributed by atoms with van der Waals surface area (Å²) in [5, 5.41) is 2.96. The highest BCUT2D eigenvalue weighted by atomic mass is 35.5. The van der Waals surface area contributed by atoms with Crippen LogP contribution in [0.2, 0.25) is 0 Å². The van der Waals surface area contributed by atoms with E-state index in [1.807, 2.05) is 0 Å². The Labute approximate surface area is 119 Å². The molecule has 7 heteroatoms. The number of halogens is 1. The SMILES string of the molecule is CN1CC(NC(=O)C2(CN)CCOCC2)CC1=O.Cl. The zero-order valence-electron chi connectivity index (χ0n) is 11.2. The monoisotopic (exact) mass is 291 g/mol. The molecule has 2 fully saturated rings. The Morgan fingerprint density at radius 1 is 1.53 bits per heavy atom. The van der Waals surface area contributed by atoms with Gasteiger partial charge >= 0.3 is 0 Å². The molecule has 2 heterocycles. The zero-order valence-corrected chi connectivity index (χ0v) is 12.0. The third-order valence-corrected chi connectivity index (χ3v) is 4.00. The lowest BCUT2D eigenvalue weighted by atomic mass is 9.79. The predicted molar refractivity (Wildman–Crippen MR) is 73.0 cm³/mol. The Morgan fingerprint density at radius 2 is 2.16 bits per heavy atom. The highest BCUT2D eigenvalue weighted by Crippen LogP contribution is 2.30. The smallest absolute Gasteiger partial charge is 0.227 e. The molecule has 19 heavy (non-hydrogen) atoms. The van der Waals surface area contributed by atoms with Crippen molar-refractivity contribution in [3.8, 4) is 0 Å². The number of nitrogens with one attached hydrogen (secondary N) is 1. The van der Waals surface area contributed by atoms with Crippen molar-refractivity contribution in [3.63, 3.8) is 0 Å². The molecule has 1 atom stereocenters. The molecule has 0 radical (unpaired) electrons. The van der Waals surface area contributed by atoms with Gasteiger partial charge < -0.3 is 20.7 Å². The van der Waals surface area contributed by atoms with E-state index in [1.54, 1.807) is 11.9 Å². The molecular formula is C12H22ClN3O3. The van der Waals surface area contributed by atoms with Gasteiger partial charge in [-0.05, 0) is 12.8 Å². The van der Waals surface area contributed by atoms with Crippen LogP contribution in [0.4, 0.5) is 0 Å². The molecule has 0 aromatic carbocycles. The minimum atomic E-state index is -0.511. The van der Waals surface area contributed by atoms with Gasteiger partial charge in [-0.3, -0.25) is 9.59 Å². The molecule has 1 unspecified atom stereocenters. The van der Waals surface area contributed by atoms with E-state index in [4.69, 9.17) is 10.5 Å².